The lowest BCUT2D eigenvalue weighted by molar-refractivity contribution is 0.376. The van der Waals surface area contributed by atoms with Gasteiger partial charge >= 0.3 is 0 Å². The SMILES string of the molecule is Cc1ccc(-c2noc(CNS(=O)(=O)c3ccc(F)cc3C)n2)cc1. The lowest BCUT2D eigenvalue weighted by Gasteiger charge is -2.07. The first-order valence-electron chi connectivity index (χ1n) is 7.50. The van der Waals surface area contributed by atoms with Crippen molar-refractivity contribution < 1.29 is 17.3 Å². The Bertz CT molecular complexity index is 998. The van der Waals surface area contributed by atoms with Crippen LogP contribution in [-0.4, -0.2) is 18.6 Å². The summed E-state index contributed by atoms with van der Waals surface area (Å²) in [6.07, 6.45) is 0. The van der Waals surface area contributed by atoms with Crippen molar-refractivity contribution >= 4 is 10.0 Å². The summed E-state index contributed by atoms with van der Waals surface area (Å²) in [5, 5.41) is 3.85. The molecule has 25 heavy (non-hydrogen) atoms. The minimum absolute atomic E-state index is 0.00664. The van der Waals surface area contributed by atoms with E-state index in [4.69, 9.17) is 4.52 Å². The summed E-state index contributed by atoms with van der Waals surface area (Å²) >= 11 is 0. The fourth-order valence-electron chi connectivity index (χ4n) is 2.30. The monoisotopic (exact) mass is 361 g/mol. The smallest absolute Gasteiger partial charge is 0.242 e. The summed E-state index contributed by atoms with van der Waals surface area (Å²) in [6, 6.07) is 11.0. The number of nitrogens with zero attached hydrogens (tertiary/aromatic N) is 2. The van der Waals surface area contributed by atoms with Crippen molar-refractivity contribution in [3.63, 3.8) is 0 Å². The third kappa shape index (κ3) is 3.92. The van der Waals surface area contributed by atoms with Gasteiger partial charge in [0.1, 0.15) is 5.82 Å². The zero-order chi connectivity index (χ0) is 18.0. The maximum absolute atomic E-state index is 13.1. The highest BCUT2D eigenvalue weighted by molar-refractivity contribution is 7.89. The third-order valence-corrected chi connectivity index (χ3v) is 5.18. The lowest BCUT2D eigenvalue weighted by Crippen LogP contribution is -2.24. The summed E-state index contributed by atoms with van der Waals surface area (Å²) in [6.45, 7) is 3.34. The number of benzene rings is 2. The van der Waals surface area contributed by atoms with Gasteiger partial charge in [-0.25, -0.2) is 17.5 Å². The summed E-state index contributed by atoms with van der Waals surface area (Å²) in [5.74, 6) is 0.0298. The molecule has 0 atom stereocenters. The molecule has 0 amide bonds. The van der Waals surface area contributed by atoms with Gasteiger partial charge in [-0.1, -0.05) is 35.0 Å². The Morgan fingerprint density at radius 2 is 1.84 bits per heavy atom. The minimum atomic E-state index is -3.81. The topological polar surface area (TPSA) is 85.1 Å². The number of halogens is 1. The maximum atomic E-state index is 13.1. The highest BCUT2D eigenvalue weighted by Gasteiger charge is 2.18. The number of hydrogen-bond donors (Lipinski definition) is 1. The van der Waals surface area contributed by atoms with Crippen molar-refractivity contribution in [1.82, 2.24) is 14.9 Å². The normalized spacial score (nSPS) is 11.6. The second-order valence-corrected chi connectivity index (χ2v) is 7.35. The van der Waals surface area contributed by atoms with Gasteiger partial charge in [-0.3, -0.25) is 0 Å². The van der Waals surface area contributed by atoms with E-state index in [2.05, 4.69) is 14.9 Å². The Balaban J connectivity index is 1.74. The molecule has 3 aromatic rings. The van der Waals surface area contributed by atoms with Crippen molar-refractivity contribution in [1.29, 1.82) is 0 Å². The Morgan fingerprint density at radius 3 is 2.52 bits per heavy atom. The summed E-state index contributed by atoms with van der Waals surface area (Å²) in [4.78, 5) is 4.19. The molecule has 0 aliphatic carbocycles. The van der Waals surface area contributed by atoms with Crippen LogP contribution in [0.2, 0.25) is 0 Å². The number of hydrogen-bond acceptors (Lipinski definition) is 5. The van der Waals surface area contributed by atoms with Gasteiger partial charge in [0, 0.05) is 5.56 Å². The molecule has 1 heterocycles. The van der Waals surface area contributed by atoms with Gasteiger partial charge in [0.15, 0.2) is 0 Å². The van der Waals surface area contributed by atoms with Crippen LogP contribution >= 0.6 is 0 Å². The fourth-order valence-corrected chi connectivity index (χ4v) is 3.49. The van der Waals surface area contributed by atoms with E-state index >= 15 is 0 Å². The Morgan fingerprint density at radius 1 is 1.12 bits per heavy atom. The molecule has 0 aliphatic rings. The second-order valence-electron chi connectivity index (χ2n) is 5.61. The molecule has 0 bridgehead atoms. The van der Waals surface area contributed by atoms with Crippen LogP contribution in [0, 0.1) is 19.7 Å². The van der Waals surface area contributed by atoms with Gasteiger partial charge in [0.25, 0.3) is 0 Å². The Hall–Kier alpha value is -2.58. The van der Waals surface area contributed by atoms with Gasteiger partial charge < -0.3 is 4.52 Å². The predicted molar refractivity (Wildman–Crippen MR) is 89.6 cm³/mol. The molecule has 1 aromatic heterocycles. The average molecular weight is 361 g/mol. The van der Waals surface area contributed by atoms with Crippen LogP contribution in [0.3, 0.4) is 0 Å². The van der Waals surface area contributed by atoms with Crippen molar-refractivity contribution in [2.75, 3.05) is 0 Å². The summed E-state index contributed by atoms with van der Waals surface area (Å²) in [7, 11) is -3.81. The number of rotatable bonds is 5. The molecule has 3 rings (SSSR count). The van der Waals surface area contributed by atoms with Gasteiger partial charge in [-0.15, -0.1) is 0 Å². The van der Waals surface area contributed by atoms with Gasteiger partial charge in [-0.2, -0.15) is 4.98 Å². The molecule has 0 aliphatic heterocycles. The molecule has 0 spiro atoms. The first-order chi connectivity index (χ1) is 11.8. The standard InChI is InChI=1S/C17H16FN3O3S/c1-11-3-5-13(6-4-11)17-20-16(24-21-17)10-19-25(22,23)15-8-7-14(18)9-12(15)2/h3-9,19H,10H2,1-2H3. The average Bonchev–Trinajstić information content (AvgIpc) is 3.02. The lowest BCUT2D eigenvalue weighted by atomic mass is 10.1. The van der Waals surface area contributed by atoms with E-state index in [1.165, 1.54) is 13.0 Å². The van der Waals surface area contributed by atoms with Crippen LogP contribution < -0.4 is 4.72 Å². The van der Waals surface area contributed by atoms with E-state index in [0.29, 0.717) is 11.4 Å². The van der Waals surface area contributed by atoms with E-state index in [-0.39, 0.29) is 17.3 Å². The van der Waals surface area contributed by atoms with E-state index in [1.807, 2.05) is 31.2 Å². The second kappa shape index (κ2) is 6.73. The van der Waals surface area contributed by atoms with Crippen LogP contribution in [0.1, 0.15) is 17.0 Å². The van der Waals surface area contributed by atoms with Crippen molar-refractivity contribution in [3.05, 3.63) is 65.3 Å². The summed E-state index contributed by atoms with van der Waals surface area (Å²) < 4.78 is 45.2. The fraction of sp³-hybridized carbons (Fsp3) is 0.176. The predicted octanol–water partition coefficient (Wildman–Crippen LogP) is 2.97. The third-order valence-electron chi connectivity index (χ3n) is 3.62. The van der Waals surface area contributed by atoms with Crippen LogP contribution in [-0.2, 0) is 16.6 Å². The molecule has 2 aromatic carbocycles. The van der Waals surface area contributed by atoms with Gasteiger partial charge in [0.05, 0.1) is 11.4 Å². The highest BCUT2D eigenvalue weighted by atomic mass is 32.2. The molecule has 0 unspecified atom stereocenters. The molecule has 0 fully saturated rings. The largest absolute Gasteiger partial charge is 0.338 e. The molecule has 6 nitrogen and oxygen atoms in total. The minimum Gasteiger partial charge on any atom is -0.338 e. The Labute approximate surface area is 144 Å². The first-order valence-corrected chi connectivity index (χ1v) is 8.99. The number of sulfonamides is 1. The molecule has 0 saturated carbocycles. The first kappa shape index (κ1) is 17.2. The molecule has 0 saturated heterocycles. The van der Waals surface area contributed by atoms with Crippen molar-refractivity contribution in [2.45, 2.75) is 25.3 Å². The van der Waals surface area contributed by atoms with Gasteiger partial charge in [0.2, 0.25) is 21.7 Å². The molecular formula is C17H16FN3O3S. The number of aromatic nitrogens is 2. The molecule has 1 N–H and O–H groups in total. The van der Waals surface area contributed by atoms with Crippen LogP contribution in [0.5, 0.6) is 0 Å². The van der Waals surface area contributed by atoms with E-state index in [9.17, 15) is 12.8 Å². The molecule has 130 valence electrons. The Kier molecular flexibility index (Phi) is 4.65. The van der Waals surface area contributed by atoms with E-state index in [0.717, 1.165) is 23.3 Å². The maximum Gasteiger partial charge on any atom is 0.242 e. The highest BCUT2D eigenvalue weighted by Crippen LogP contribution is 2.18. The molecule has 0 radical (unpaired) electrons. The molecule has 8 heteroatoms. The number of aryl methyl sites for hydroxylation is 2. The van der Waals surface area contributed by atoms with E-state index in [1.54, 1.807) is 0 Å². The van der Waals surface area contributed by atoms with E-state index < -0.39 is 15.8 Å². The summed E-state index contributed by atoms with van der Waals surface area (Å²) in [5.41, 5.74) is 2.20. The zero-order valence-electron chi connectivity index (χ0n) is 13.7. The molecular weight excluding hydrogens is 345 g/mol. The van der Waals surface area contributed by atoms with Crippen LogP contribution in [0.25, 0.3) is 11.4 Å². The quantitative estimate of drug-likeness (QED) is 0.755. The van der Waals surface area contributed by atoms with Crippen molar-refractivity contribution in [3.8, 4) is 11.4 Å². The zero-order valence-corrected chi connectivity index (χ0v) is 14.5. The van der Waals surface area contributed by atoms with Crippen LogP contribution in [0.15, 0.2) is 51.9 Å². The number of nitrogens with one attached hydrogen (secondary N) is 1. The van der Waals surface area contributed by atoms with Gasteiger partial charge in [-0.05, 0) is 37.6 Å². The van der Waals surface area contributed by atoms with Crippen LogP contribution in [0.4, 0.5) is 4.39 Å². The van der Waals surface area contributed by atoms with Crippen molar-refractivity contribution in [2.24, 2.45) is 0 Å².